The molecule has 0 atom stereocenters. The minimum Gasteiger partial charge on any atom is -0.369 e. The van der Waals surface area contributed by atoms with Crippen LogP contribution >= 0.6 is 0 Å². The van der Waals surface area contributed by atoms with Gasteiger partial charge in [0.2, 0.25) is 5.96 Å². The summed E-state index contributed by atoms with van der Waals surface area (Å²) in [6, 6.07) is 0.333. The van der Waals surface area contributed by atoms with Gasteiger partial charge >= 0.3 is 0 Å². The predicted molar refractivity (Wildman–Crippen MR) is 58.5 cm³/mol. The van der Waals surface area contributed by atoms with Crippen molar-refractivity contribution in [1.29, 1.82) is 5.26 Å². The van der Waals surface area contributed by atoms with Crippen molar-refractivity contribution >= 4 is 5.96 Å². The Labute approximate surface area is 85.5 Å². The van der Waals surface area contributed by atoms with Gasteiger partial charge < -0.3 is 5.73 Å². The number of rotatable bonds is 1. The summed E-state index contributed by atoms with van der Waals surface area (Å²) in [6.45, 7) is 6.00. The summed E-state index contributed by atoms with van der Waals surface area (Å²) in [6.07, 6.45) is 7.72. The Morgan fingerprint density at radius 3 is 2.43 bits per heavy atom. The minimum atomic E-state index is 0.254. The van der Waals surface area contributed by atoms with Crippen LogP contribution in [0.1, 0.15) is 32.1 Å². The van der Waals surface area contributed by atoms with E-state index in [1.54, 1.807) is 6.19 Å². The average Bonchev–Trinajstić information content (AvgIpc) is 2.22. The molecule has 0 unspecified atom stereocenters. The van der Waals surface area contributed by atoms with Gasteiger partial charge in [-0.15, -0.1) is 13.2 Å². The number of nitrogens with zero attached hydrogens (tertiary/aromatic N) is 2. The summed E-state index contributed by atoms with van der Waals surface area (Å²) in [5.41, 5.74) is 5.43. The molecule has 78 valence electrons. The first-order chi connectivity index (χ1) is 6.83. The number of nitriles is 1. The zero-order chi connectivity index (χ0) is 10.8. The smallest absolute Gasteiger partial charge is 0.202 e. The third-order valence-corrected chi connectivity index (χ3v) is 2.08. The van der Waals surface area contributed by atoms with Gasteiger partial charge in [-0.2, -0.15) is 5.26 Å². The predicted octanol–water partition coefficient (Wildman–Crippen LogP) is 1.51. The highest BCUT2D eigenvalue weighted by Gasteiger charge is 2.11. The molecule has 1 rings (SSSR count). The fourth-order valence-corrected chi connectivity index (χ4v) is 1.50. The van der Waals surface area contributed by atoms with E-state index in [9.17, 15) is 0 Å². The summed E-state index contributed by atoms with van der Waals surface area (Å²) >= 11 is 0. The monoisotopic (exact) mass is 194 g/mol. The van der Waals surface area contributed by atoms with Crippen molar-refractivity contribution < 1.29 is 0 Å². The second kappa shape index (κ2) is 8.11. The molecule has 0 heterocycles. The van der Waals surface area contributed by atoms with Crippen molar-refractivity contribution in [2.75, 3.05) is 0 Å². The van der Waals surface area contributed by atoms with Crippen molar-refractivity contribution in [3.05, 3.63) is 13.2 Å². The zero-order valence-electron chi connectivity index (χ0n) is 8.50. The van der Waals surface area contributed by atoms with Crippen molar-refractivity contribution in [3.8, 4) is 6.19 Å². The molecule has 0 bridgehead atoms. The van der Waals surface area contributed by atoms with Gasteiger partial charge in [0.25, 0.3) is 0 Å². The standard InChI is InChI=1S/C8H14N4.C2H4/c9-6-11-8(10)12-7-4-2-1-3-5-7;1-2/h7H,1-5H2,(H3,10,11,12);1-2H2. The second-order valence-electron chi connectivity index (χ2n) is 3.04. The van der Waals surface area contributed by atoms with E-state index in [2.05, 4.69) is 23.5 Å². The van der Waals surface area contributed by atoms with Gasteiger partial charge in [-0.3, -0.25) is 5.32 Å². The highest BCUT2D eigenvalue weighted by atomic mass is 15.1. The number of nitrogens with one attached hydrogen (secondary N) is 1. The summed E-state index contributed by atoms with van der Waals surface area (Å²) < 4.78 is 0. The first-order valence-electron chi connectivity index (χ1n) is 4.81. The lowest BCUT2D eigenvalue weighted by atomic mass is 9.96. The van der Waals surface area contributed by atoms with Crippen LogP contribution in [-0.4, -0.2) is 12.0 Å². The Hall–Kier alpha value is -1.50. The van der Waals surface area contributed by atoms with Crippen LogP contribution in [0.5, 0.6) is 0 Å². The largest absolute Gasteiger partial charge is 0.369 e. The number of hydrogen-bond acceptors (Lipinski definition) is 2. The minimum absolute atomic E-state index is 0.254. The van der Waals surface area contributed by atoms with Gasteiger partial charge in [-0.25, -0.2) is 4.99 Å². The van der Waals surface area contributed by atoms with Gasteiger partial charge in [-0.1, -0.05) is 19.3 Å². The molecule has 1 fully saturated rings. The van der Waals surface area contributed by atoms with Crippen molar-refractivity contribution in [1.82, 2.24) is 5.32 Å². The molecule has 4 nitrogen and oxygen atoms in total. The molecule has 0 aliphatic heterocycles. The molecule has 1 saturated carbocycles. The molecule has 0 amide bonds. The molecule has 0 radical (unpaired) electrons. The Morgan fingerprint density at radius 2 is 1.93 bits per heavy atom. The summed E-state index contributed by atoms with van der Waals surface area (Å²) in [7, 11) is 0. The molecule has 0 spiro atoms. The fourth-order valence-electron chi connectivity index (χ4n) is 1.50. The van der Waals surface area contributed by atoms with Crippen LogP contribution in [0.25, 0.3) is 0 Å². The first kappa shape index (κ1) is 12.5. The molecule has 3 N–H and O–H groups in total. The molecule has 1 aliphatic rings. The number of hydrogen-bond donors (Lipinski definition) is 2. The zero-order valence-corrected chi connectivity index (χ0v) is 8.50. The van der Waals surface area contributed by atoms with Crippen LogP contribution in [0.3, 0.4) is 0 Å². The fraction of sp³-hybridized carbons (Fsp3) is 0.600. The van der Waals surface area contributed by atoms with E-state index in [0.29, 0.717) is 6.04 Å². The van der Waals surface area contributed by atoms with E-state index in [0.717, 1.165) is 12.8 Å². The van der Waals surface area contributed by atoms with E-state index < -0.39 is 0 Å². The maximum absolute atomic E-state index is 8.24. The van der Waals surface area contributed by atoms with E-state index in [-0.39, 0.29) is 5.96 Å². The van der Waals surface area contributed by atoms with E-state index in [1.165, 1.54) is 19.3 Å². The molecular weight excluding hydrogens is 176 g/mol. The Morgan fingerprint density at radius 1 is 1.36 bits per heavy atom. The van der Waals surface area contributed by atoms with Gasteiger partial charge in [0.15, 0.2) is 6.19 Å². The van der Waals surface area contributed by atoms with Crippen molar-refractivity contribution in [3.63, 3.8) is 0 Å². The van der Waals surface area contributed by atoms with Gasteiger partial charge in [0.1, 0.15) is 0 Å². The van der Waals surface area contributed by atoms with Crippen LogP contribution in [-0.2, 0) is 0 Å². The Balaban J connectivity index is 0.000000791. The molecule has 14 heavy (non-hydrogen) atoms. The maximum atomic E-state index is 8.24. The van der Waals surface area contributed by atoms with Crippen molar-refractivity contribution in [2.24, 2.45) is 10.7 Å². The Kier molecular flexibility index (Phi) is 7.24. The molecule has 1 aliphatic carbocycles. The molecule has 0 aromatic heterocycles. The van der Waals surface area contributed by atoms with Crippen LogP contribution in [0.15, 0.2) is 18.2 Å². The topological polar surface area (TPSA) is 74.2 Å². The molecular formula is C10H18N4. The normalized spacial score (nSPS) is 17.5. The third kappa shape index (κ3) is 5.20. The SMILES string of the molecule is C=C.N#CNC(N)=NC1CCCCC1. The highest BCUT2D eigenvalue weighted by Crippen LogP contribution is 2.19. The van der Waals surface area contributed by atoms with Crippen LogP contribution in [0.4, 0.5) is 0 Å². The van der Waals surface area contributed by atoms with E-state index in [1.807, 2.05) is 0 Å². The maximum Gasteiger partial charge on any atom is 0.202 e. The van der Waals surface area contributed by atoms with Crippen molar-refractivity contribution in [2.45, 2.75) is 38.1 Å². The van der Waals surface area contributed by atoms with Crippen LogP contribution < -0.4 is 11.1 Å². The van der Waals surface area contributed by atoms with Gasteiger partial charge in [-0.05, 0) is 12.8 Å². The van der Waals surface area contributed by atoms with Crippen LogP contribution in [0, 0.1) is 11.5 Å². The molecule has 0 aromatic carbocycles. The quantitative estimate of drug-likeness (QED) is 0.218. The number of guanidine groups is 1. The Bertz CT molecular complexity index is 211. The van der Waals surface area contributed by atoms with E-state index in [4.69, 9.17) is 11.0 Å². The lowest BCUT2D eigenvalue weighted by Gasteiger charge is -2.17. The first-order valence-corrected chi connectivity index (χ1v) is 4.81. The van der Waals surface area contributed by atoms with Gasteiger partial charge in [0, 0.05) is 0 Å². The highest BCUT2D eigenvalue weighted by molar-refractivity contribution is 5.79. The molecule has 0 saturated heterocycles. The summed E-state index contributed by atoms with van der Waals surface area (Å²) in [5, 5.41) is 10.6. The van der Waals surface area contributed by atoms with Crippen LogP contribution in [0.2, 0.25) is 0 Å². The lowest BCUT2D eigenvalue weighted by molar-refractivity contribution is 0.442. The lowest BCUT2D eigenvalue weighted by Crippen LogP contribution is -2.29. The number of aliphatic imine (C=N–C) groups is 1. The summed E-state index contributed by atoms with van der Waals surface area (Å²) in [4.78, 5) is 4.19. The van der Waals surface area contributed by atoms with Gasteiger partial charge in [0.05, 0.1) is 6.04 Å². The number of nitrogens with two attached hydrogens (primary N) is 1. The third-order valence-electron chi connectivity index (χ3n) is 2.08. The average molecular weight is 194 g/mol. The molecule has 0 aromatic rings. The summed E-state index contributed by atoms with van der Waals surface area (Å²) in [5.74, 6) is 0.254. The molecule has 4 heteroatoms. The second-order valence-corrected chi connectivity index (χ2v) is 3.04. The van der Waals surface area contributed by atoms with E-state index >= 15 is 0 Å².